The van der Waals surface area contributed by atoms with Crippen molar-refractivity contribution in [1.29, 1.82) is 0 Å². The summed E-state index contributed by atoms with van der Waals surface area (Å²) in [5.74, 6) is -0.583. The van der Waals surface area contributed by atoms with E-state index in [-0.39, 0.29) is 31.4 Å². The Balaban J connectivity index is 1.78. The van der Waals surface area contributed by atoms with Gasteiger partial charge < -0.3 is 5.11 Å². The summed E-state index contributed by atoms with van der Waals surface area (Å²) in [7, 11) is 0. The predicted octanol–water partition coefficient (Wildman–Crippen LogP) is 0.719. The summed E-state index contributed by atoms with van der Waals surface area (Å²) < 4.78 is 0. The molecule has 1 aliphatic carbocycles. The second kappa shape index (κ2) is 7.90. The number of hydrogen-bond acceptors (Lipinski definition) is 4. The highest BCUT2D eigenvalue weighted by atomic mass is 16.3. The zero-order chi connectivity index (χ0) is 15.1. The minimum absolute atomic E-state index is 0.0295. The maximum atomic E-state index is 11.9. The van der Waals surface area contributed by atoms with Gasteiger partial charge in [0.15, 0.2) is 0 Å². The van der Waals surface area contributed by atoms with Gasteiger partial charge in [0, 0.05) is 12.6 Å². The maximum absolute atomic E-state index is 11.9. The van der Waals surface area contributed by atoms with E-state index in [1.54, 1.807) is 0 Å². The maximum Gasteiger partial charge on any atom is 0.240 e. The third kappa shape index (κ3) is 4.95. The smallest absolute Gasteiger partial charge is 0.240 e. The second-order valence-corrected chi connectivity index (χ2v) is 5.41. The number of nitrogens with zero attached hydrogens (tertiary/aromatic N) is 1. The number of imide groups is 1. The summed E-state index contributed by atoms with van der Waals surface area (Å²) in [5.41, 5.74) is 0.883. The van der Waals surface area contributed by atoms with Crippen LogP contribution in [-0.4, -0.2) is 47.6 Å². The van der Waals surface area contributed by atoms with E-state index in [2.05, 4.69) is 5.32 Å². The summed E-state index contributed by atoms with van der Waals surface area (Å²) in [6, 6.07) is 9.70. The van der Waals surface area contributed by atoms with E-state index in [4.69, 9.17) is 5.11 Å². The third-order valence-electron chi connectivity index (χ3n) is 3.81. The summed E-state index contributed by atoms with van der Waals surface area (Å²) in [5, 5.41) is 11.5. The van der Waals surface area contributed by atoms with Crippen LogP contribution in [0.4, 0.5) is 0 Å². The molecule has 1 aliphatic rings. The van der Waals surface area contributed by atoms with Gasteiger partial charge in [-0.05, 0) is 18.4 Å². The highest BCUT2D eigenvalue weighted by Crippen LogP contribution is 2.24. The Kier molecular flexibility index (Phi) is 5.90. The molecule has 0 heterocycles. The number of amides is 2. The minimum atomic E-state index is -0.295. The van der Waals surface area contributed by atoms with Crippen molar-refractivity contribution in [3.63, 3.8) is 0 Å². The van der Waals surface area contributed by atoms with Crippen molar-refractivity contribution >= 4 is 11.8 Å². The number of rotatable bonds is 7. The molecule has 0 atom stereocenters. The zero-order valence-corrected chi connectivity index (χ0v) is 12.1. The first-order chi connectivity index (χ1) is 10.2. The molecular weight excluding hydrogens is 268 g/mol. The molecule has 0 spiro atoms. The predicted molar refractivity (Wildman–Crippen MR) is 79.6 cm³/mol. The fraction of sp³-hybridized carbons (Fsp3) is 0.500. The molecule has 2 rings (SSSR count). The number of nitrogens with one attached hydrogen (secondary N) is 1. The van der Waals surface area contributed by atoms with E-state index >= 15 is 0 Å². The molecule has 21 heavy (non-hydrogen) atoms. The van der Waals surface area contributed by atoms with Crippen molar-refractivity contribution in [2.75, 3.05) is 19.7 Å². The van der Waals surface area contributed by atoms with E-state index in [1.165, 1.54) is 6.42 Å². The lowest BCUT2D eigenvalue weighted by Crippen LogP contribution is -2.48. The normalized spacial score (nSPS) is 14.8. The van der Waals surface area contributed by atoms with Crippen LogP contribution < -0.4 is 5.32 Å². The number of aliphatic hydroxyl groups is 1. The van der Waals surface area contributed by atoms with Crippen molar-refractivity contribution in [1.82, 2.24) is 10.2 Å². The molecule has 0 aliphatic heterocycles. The van der Waals surface area contributed by atoms with Gasteiger partial charge >= 0.3 is 0 Å². The number of carbonyl (C=O) groups is 2. The highest BCUT2D eigenvalue weighted by molar-refractivity contribution is 5.96. The molecule has 0 saturated heterocycles. The first kappa shape index (κ1) is 15.7. The Bertz CT molecular complexity index is 472. The largest absolute Gasteiger partial charge is 0.395 e. The van der Waals surface area contributed by atoms with Crippen molar-refractivity contribution in [2.24, 2.45) is 0 Å². The second-order valence-electron chi connectivity index (χ2n) is 5.41. The van der Waals surface area contributed by atoms with Crippen LogP contribution in [0.1, 0.15) is 24.8 Å². The molecule has 0 unspecified atom stereocenters. The molecule has 0 radical (unpaired) electrons. The van der Waals surface area contributed by atoms with Crippen LogP contribution in [-0.2, 0) is 16.0 Å². The van der Waals surface area contributed by atoms with Crippen molar-refractivity contribution in [2.45, 2.75) is 31.7 Å². The van der Waals surface area contributed by atoms with E-state index in [1.807, 2.05) is 35.2 Å². The molecule has 114 valence electrons. The first-order valence-corrected chi connectivity index (χ1v) is 7.40. The van der Waals surface area contributed by atoms with Gasteiger partial charge in [0.2, 0.25) is 11.8 Å². The molecule has 1 aromatic carbocycles. The number of hydrogen-bond donors (Lipinski definition) is 2. The molecule has 5 nitrogen and oxygen atoms in total. The number of benzene rings is 1. The van der Waals surface area contributed by atoms with Crippen LogP contribution in [0.3, 0.4) is 0 Å². The van der Waals surface area contributed by atoms with Gasteiger partial charge in [0.25, 0.3) is 0 Å². The van der Waals surface area contributed by atoms with Crippen molar-refractivity contribution in [3.05, 3.63) is 35.9 Å². The van der Waals surface area contributed by atoms with Crippen molar-refractivity contribution < 1.29 is 14.7 Å². The minimum Gasteiger partial charge on any atom is -0.395 e. The summed E-state index contributed by atoms with van der Waals surface area (Å²) in [6.45, 7) is 0.679. The Morgan fingerprint density at radius 1 is 1.19 bits per heavy atom. The van der Waals surface area contributed by atoms with Gasteiger partial charge in [-0.2, -0.15) is 0 Å². The molecule has 2 amide bonds. The molecule has 0 aromatic heterocycles. The Morgan fingerprint density at radius 3 is 2.48 bits per heavy atom. The standard InChI is InChI=1S/C16H22N2O3/c19-10-9-18(14-7-4-8-14)12-16(21)17-15(20)11-13-5-2-1-3-6-13/h1-3,5-6,14,19H,4,7-12H2,(H,17,20,21). The number of carbonyl (C=O) groups excluding carboxylic acids is 2. The SMILES string of the molecule is O=C(Cc1ccccc1)NC(=O)CN(CCO)C1CCC1. The summed E-state index contributed by atoms with van der Waals surface area (Å²) >= 11 is 0. The van der Waals surface area contributed by atoms with Gasteiger partial charge in [-0.3, -0.25) is 19.8 Å². The molecule has 5 heteroatoms. The Hall–Kier alpha value is -1.72. The Morgan fingerprint density at radius 2 is 1.90 bits per heavy atom. The van der Waals surface area contributed by atoms with E-state index in [0.29, 0.717) is 12.6 Å². The Labute approximate surface area is 125 Å². The average molecular weight is 290 g/mol. The monoisotopic (exact) mass is 290 g/mol. The van der Waals surface area contributed by atoms with Crippen molar-refractivity contribution in [3.8, 4) is 0 Å². The fourth-order valence-corrected chi connectivity index (χ4v) is 2.48. The fourth-order valence-electron chi connectivity index (χ4n) is 2.48. The van der Waals surface area contributed by atoms with E-state index < -0.39 is 0 Å². The van der Waals surface area contributed by atoms with Gasteiger partial charge in [-0.1, -0.05) is 36.8 Å². The zero-order valence-electron chi connectivity index (χ0n) is 12.1. The van der Waals surface area contributed by atoms with Crippen LogP contribution >= 0.6 is 0 Å². The van der Waals surface area contributed by atoms with E-state index in [0.717, 1.165) is 18.4 Å². The lowest BCUT2D eigenvalue weighted by atomic mass is 9.91. The molecule has 2 N–H and O–H groups in total. The average Bonchev–Trinajstić information content (AvgIpc) is 2.37. The van der Waals surface area contributed by atoms with Gasteiger partial charge in [-0.25, -0.2) is 0 Å². The molecule has 0 bridgehead atoms. The van der Waals surface area contributed by atoms with Gasteiger partial charge in [-0.15, -0.1) is 0 Å². The molecule has 1 fully saturated rings. The topological polar surface area (TPSA) is 69.6 Å². The number of aliphatic hydroxyl groups excluding tert-OH is 1. The summed E-state index contributed by atoms with van der Waals surface area (Å²) in [6.07, 6.45) is 3.49. The highest BCUT2D eigenvalue weighted by Gasteiger charge is 2.26. The van der Waals surface area contributed by atoms with Gasteiger partial charge in [0.05, 0.1) is 19.6 Å². The van der Waals surface area contributed by atoms with Crippen LogP contribution in [0.2, 0.25) is 0 Å². The quantitative estimate of drug-likeness (QED) is 0.776. The third-order valence-corrected chi connectivity index (χ3v) is 3.81. The lowest BCUT2D eigenvalue weighted by Gasteiger charge is -2.36. The van der Waals surface area contributed by atoms with Crippen LogP contribution in [0.25, 0.3) is 0 Å². The molecular formula is C16H22N2O3. The van der Waals surface area contributed by atoms with E-state index in [9.17, 15) is 9.59 Å². The first-order valence-electron chi connectivity index (χ1n) is 7.40. The molecule has 1 aromatic rings. The molecule has 1 saturated carbocycles. The summed E-state index contributed by atoms with van der Waals surface area (Å²) in [4.78, 5) is 25.7. The van der Waals surface area contributed by atoms with Gasteiger partial charge in [0.1, 0.15) is 0 Å². The van der Waals surface area contributed by atoms with Crippen LogP contribution in [0, 0.1) is 0 Å². The van der Waals surface area contributed by atoms with Crippen LogP contribution in [0.5, 0.6) is 0 Å². The lowest BCUT2D eigenvalue weighted by molar-refractivity contribution is -0.131. The van der Waals surface area contributed by atoms with Crippen LogP contribution in [0.15, 0.2) is 30.3 Å².